The first kappa shape index (κ1) is 15.5. The van der Waals surface area contributed by atoms with Gasteiger partial charge in [0.15, 0.2) is 0 Å². The Bertz CT molecular complexity index is 429. The first-order chi connectivity index (χ1) is 9.69. The summed E-state index contributed by atoms with van der Waals surface area (Å²) in [5, 5.41) is 23.3. The second-order valence-corrected chi connectivity index (χ2v) is 5.80. The molecule has 0 aliphatic heterocycles. The van der Waals surface area contributed by atoms with Crippen molar-refractivity contribution in [3.05, 3.63) is 34.9 Å². The van der Waals surface area contributed by atoms with E-state index in [1.54, 1.807) is 0 Å². The highest BCUT2D eigenvalue weighted by molar-refractivity contribution is 5.36. The summed E-state index contributed by atoms with van der Waals surface area (Å²) < 4.78 is 0. The molecular weight excluding hydrogens is 250 g/mol. The average Bonchev–Trinajstić information content (AvgIpc) is 2.95. The smallest absolute Gasteiger partial charge is 0.0943 e. The van der Waals surface area contributed by atoms with Gasteiger partial charge in [0.2, 0.25) is 0 Å². The normalized spacial score (nSPS) is 18.6. The van der Waals surface area contributed by atoms with Crippen LogP contribution in [0.4, 0.5) is 0 Å². The molecule has 3 atom stereocenters. The molecule has 1 aromatic carbocycles. The maximum atomic E-state index is 10.6. The molecule has 1 aliphatic rings. The number of aryl methyl sites for hydroxylation is 2. The molecule has 112 valence electrons. The van der Waals surface area contributed by atoms with Crippen LogP contribution in [0.25, 0.3) is 0 Å². The molecule has 3 unspecified atom stereocenters. The van der Waals surface area contributed by atoms with Crippen molar-refractivity contribution in [2.75, 3.05) is 6.61 Å². The number of aliphatic hydroxyl groups is 2. The number of benzene rings is 1. The van der Waals surface area contributed by atoms with Crippen LogP contribution in [0.1, 0.15) is 55.9 Å². The summed E-state index contributed by atoms with van der Waals surface area (Å²) in [6, 6.07) is 6.43. The number of rotatable bonds is 7. The summed E-state index contributed by atoms with van der Waals surface area (Å²) in [7, 11) is 0. The second kappa shape index (κ2) is 7.21. The molecule has 0 saturated heterocycles. The van der Waals surface area contributed by atoms with Crippen LogP contribution in [0.3, 0.4) is 0 Å². The highest BCUT2D eigenvalue weighted by atomic mass is 16.3. The van der Waals surface area contributed by atoms with Crippen LogP contribution in [0.2, 0.25) is 0 Å². The summed E-state index contributed by atoms with van der Waals surface area (Å²) in [5.41, 5.74) is 3.83. The molecule has 0 saturated carbocycles. The van der Waals surface area contributed by atoms with Gasteiger partial charge in [0.1, 0.15) is 0 Å². The van der Waals surface area contributed by atoms with E-state index in [4.69, 9.17) is 0 Å². The third-order valence-electron chi connectivity index (χ3n) is 4.45. The Morgan fingerprint density at radius 3 is 2.55 bits per heavy atom. The first-order valence-corrected chi connectivity index (χ1v) is 7.86. The molecule has 0 spiro atoms. The lowest BCUT2D eigenvalue weighted by Crippen LogP contribution is -2.43. The van der Waals surface area contributed by atoms with Crippen molar-refractivity contribution in [3.63, 3.8) is 0 Å². The van der Waals surface area contributed by atoms with Crippen molar-refractivity contribution in [1.29, 1.82) is 0 Å². The molecule has 0 bridgehead atoms. The molecular formula is C17H27NO2. The van der Waals surface area contributed by atoms with E-state index in [9.17, 15) is 10.2 Å². The predicted molar refractivity (Wildman–Crippen MR) is 81.8 cm³/mol. The summed E-state index contributed by atoms with van der Waals surface area (Å²) >= 11 is 0. The lowest BCUT2D eigenvalue weighted by atomic mass is 9.96. The fourth-order valence-corrected chi connectivity index (χ4v) is 3.04. The highest BCUT2D eigenvalue weighted by Gasteiger charge is 2.23. The fourth-order valence-electron chi connectivity index (χ4n) is 3.04. The Kier molecular flexibility index (Phi) is 5.58. The standard InChI is InChI=1S/C17H27NO2/c1-3-15(11-19)18-16(4-2)17(20)14-9-8-12-6-5-7-13(12)10-14/h8-10,15-20H,3-7,11H2,1-2H3. The van der Waals surface area contributed by atoms with Gasteiger partial charge in [-0.05, 0) is 48.8 Å². The van der Waals surface area contributed by atoms with Crippen molar-refractivity contribution in [2.24, 2.45) is 0 Å². The largest absolute Gasteiger partial charge is 0.395 e. The van der Waals surface area contributed by atoms with E-state index in [1.165, 1.54) is 24.0 Å². The van der Waals surface area contributed by atoms with Gasteiger partial charge in [-0.3, -0.25) is 0 Å². The molecule has 0 amide bonds. The summed E-state index contributed by atoms with van der Waals surface area (Å²) in [6.07, 6.45) is 4.73. The number of hydrogen-bond acceptors (Lipinski definition) is 3. The van der Waals surface area contributed by atoms with Gasteiger partial charge in [-0.15, -0.1) is 0 Å². The minimum absolute atomic E-state index is 0.00782. The molecule has 1 aromatic rings. The van der Waals surface area contributed by atoms with Gasteiger partial charge in [0.05, 0.1) is 12.7 Å². The fraction of sp³-hybridized carbons (Fsp3) is 0.647. The van der Waals surface area contributed by atoms with Gasteiger partial charge in [-0.25, -0.2) is 0 Å². The minimum Gasteiger partial charge on any atom is -0.395 e. The quantitative estimate of drug-likeness (QED) is 0.717. The summed E-state index contributed by atoms with van der Waals surface area (Å²) in [5.74, 6) is 0. The van der Waals surface area contributed by atoms with Crippen LogP contribution >= 0.6 is 0 Å². The SMILES string of the molecule is CCC(CO)NC(CC)C(O)c1ccc2c(c1)CCC2. The number of fused-ring (bicyclic) bond motifs is 1. The van der Waals surface area contributed by atoms with E-state index in [0.29, 0.717) is 0 Å². The second-order valence-electron chi connectivity index (χ2n) is 5.80. The van der Waals surface area contributed by atoms with E-state index in [2.05, 4.69) is 30.4 Å². The lowest BCUT2D eigenvalue weighted by Gasteiger charge is -2.27. The van der Waals surface area contributed by atoms with Crippen molar-refractivity contribution in [1.82, 2.24) is 5.32 Å². The highest BCUT2D eigenvalue weighted by Crippen LogP contribution is 2.27. The van der Waals surface area contributed by atoms with Crippen molar-refractivity contribution in [3.8, 4) is 0 Å². The van der Waals surface area contributed by atoms with E-state index in [-0.39, 0.29) is 18.7 Å². The first-order valence-electron chi connectivity index (χ1n) is 7.86. The molecule has 3 heteroatoms. The molecule has 0 radical (unpaired) electrons. The minimum atomic E-state index is -0.508. The topological polar surface area (TPSA) is 52.5 Å². The number of aliphatic hydroxyl groups excluding tert-OH is 2. The monoisotopic (exact) mass is 277 g/mol. The van der Waals surface area contributed by atoms with Crippen LogP contribution < -0.4 is 5.32 Å². The third-order valence-corrected chi connectivity index (χ3v) is 4.45. The molecule has 3 N–H and O–H groups in total. The summed E-state index contributed by atoms with van der Waals surface area (Å²) in [6.45, 7) is 4.23. The Morgan fingerprint density at radius 2 is 1.90 bits per heavy atom. The van der Waals surface area contributed by atoms with Crippen molar-refractivity contribution < 1.29 is 10.2 Å². The molecule has 20 heavy (non-hydrogen) atoms. The molecule has 0 fully saturated rings. The third kappa shape index (κ3) is 3.40. The van der Waals surface area contributed by atoms with Crippen LogP contribution in [-0.2, 0) is 12.8 Å². The van der Waals surface area contributed by atoms with E-state index < -0.39 is 6.10 Å². The van der Waals surface area contributed by atoms with E-state index in [1.807, 2.05) is 6.92 Å². The van der Waals surface area contributed by atoms with Crippen LogP contribution in [-0.4, -0.2) is 28.9 Å². The molecule has 0 aromatic heterocycles. The van der Waals surface area contributed by atoms with Gasteiger partial charge < -0.3 is 15.5 Å². The zero-order valence-electron chi connectivity index (χ0n) is 12.6. The Hall–Kier alpha value is -0.900. The lowest BCUT2D eigenvalue weighted by molar-refractivity contribution is 0.109. The predicted octanol–water partition coefficient (Wildman–Crippen LogP) is 2.35. The van der Waals surface area contributed by atoms with Crippen molar-refractivity contribution in [2.45, 2.75) is 64.1 Å². The van der Waals surface area contributed by atoms with Crippen LogP contribution in [0.5, 0.6) is 0 Å². The maximum absolute atomic E-state index is 10.6. The van der Waals surface area contributed by atoms with Crippen molar-refractivity contribution >= 4 is 0 Å². The van der Waals surface area contributed by atoms with Gasteiger partial charge >= 0.3 is 0 Å². The molecule has 3 nitrogen and oxygen atoms in total. The molecule has 2 rings (SSSR count). The summed E-state index contributed by atoms with van der Waals surface area (Å²) in [4.78, 5) is 0. The van der Waals surface area contributed by atoms with Gasteiger partial charge in [-0.1, -0.05) is 32.0 Å². The number of hydrogen-bond donors (Lipinski definition) is 3. The Morgan fingerprint density at radius 1 is 1.15 bits per heavy atom. The number of nitrogens with one attached hydrogen (secondary N) is 1. The van der Waals surface area contributed by atoms with Gasteiger partial charge in [-0.2, -0.15) is 0 Å². The van der Waals surface area contributed by atoms with Gasteiger partial charge in [0, 0.05) is 12.1 Å². The average molecular weight is 277 g/mol. The molecule has 0 heterocycles. The van der Waals surface area contributed by atoms with Crippen LogP contribution in [0, 0.1) is 0 Å². The maximum Gasteiger partial charge on any atom is 0.0943 e. The Labute approximate surface area is 122 Å². The van der Waals surface area contributed by atoms with E-state index >= 15 is 0 Å². The zero-order valence-corrected chi connectivity index (χ0v) is 12.6. The Balaban J connectivity index is 2.09. The molecule has 1 aliphatic carbocycles. The van der Waals surface area contributed by atoms with E-state index in [0.717, 1.165) is 24.8 Å². The zero-order chi connectivity index (χ0) is 14.5. The van der Waals surface area contributed by atoms with Crippen LogP contribution in [0.15, 0.2) is 18.2 Å². The van der Waals surface area contributed by atoms with Gasteiger partial charge in [0.25, 0.3) is 0 Å².